The van der Waals surface area contributed by atoms with E-state index in [1.54, 1.807) is 12.4 Å². The van der Waals surface area contributed by atoms with Crippen LogP contribution in [0.4, 0.5) is 11.6 Å². The van der Waals surface area contributed by atoms with Crippen molar-refractivity contribution in [1.82, 2.24) is 20.2 Å². The van der Waals surface area contributed by atoms with Crippen LogP contribution in [0.2, 0.25) is 0 Å². The summed E-state index contributed by atoms with van der Waals surface area (Å²) in [5.41, 5.74) is 0.999. The number of aromatic nitrogens is 2. The summed E-state index contributed by atoms with van der Waals surface area (Å²) in [6, 6.07) is 9.52. The Balaban J connectivity index is 1.18. The number of hydrogen-bond acceptors (Lipinski definition) is 6. The largest absolute Gasteiger partial charge is 0.362 e. The molecule has 1 aromatic heterocycles. The van der Waals surface area contributed by atoms with E-state index < -0.39 is 5.66 Å². The van der Waals surface area contributed by atoms with Crippen molar-refractivity contribution in [2.24, 2.45) is 17.3 Å². The van der Waals surface area contributed by atoms with E-state index in [1.165, 1.54) is 0 Å². The fourth-order valence-electron chi connectivity index (χ4n) is 6.63. The maximum atomic E-state index is 13.7. The van der Waals surface area contributed by atoms with Crippen LogP contribution in [0.25, 0.3) is 0 Å². The number of fused-ring (bicyclic) bond motifs is 3. The highest BCUT2D eigenvalue weighted by atomic mass is 16.2. The van der Waals surface area contributed by atoms with E-state index >= 15 is 0 Å². The summed E-state index contributed by atoms with van der Waals surface area (Å²) < 4.78 is 0. The third kappa shape index (κ3) is 3.26. The molecule has 2 aliphatic heterocycles. The van der Waals surface area contributed by atoms with Gasteiger partial charge in [0.25, 0.3) is 5.91 Å². The van der Waals surface area contributed by atoms with E-state index in [0.717, 1.165) is 50.4 Å². The van der Waals surface area contributed by atoms with Gasteiger partial charge in [-0.25, -0.2) is 9.97 Å². The molecule has 172 valence electrons. The number of anilines is 2. The normalized spacial score (nSPS) is 32.8. The fraction of sp³-hybridized carbons (Fsp3) is 0.520. The summed E-state index contributed by atoms with van der Waals surface area (Å²) in [5.74, 6) is 1.23. The standard InChI is InChI=1S/C25H30N6O2/c1-24-8-7-17(25(16-24)28-20-6-3-2-5-18(20)21(32)29-25)15-19(24)22(33)30-11-13-31(14-12-30)23-26-9-4-10-27-23/h2-6,9-10,17,19,28H,7-8,11-16H2,1H3,(H,29,32)/t17-,19-,24+,25+/m1/s1. The Morgan fingerprint density at radius 3 is 2.58 bits per heavy atom. The SMILES string of the molecule is C[C@@]12CC[C@H](C[C@@H]1C(=O)N1CCN(c3ncccn3)CC1)[C@]1(C2)NC(=O)c2ccccc2N1. The highest BCUT2D eigenvalue weighted by Crippen LogP contribution is 2.58. The lowest BCUT2D eigenvalue weighted by Gasteiger charge is -2.61. The molecule has 8 heteroatoms. The molecule has 2 bridgehead atoms. The van der Waals surface area contributed by atoms with Crippen LogP contribution in [-0.2, 0) is 4.79 Å². The maximum Gasteiger partial charge on any atom is 0.255 e. The Labute approximate surface area is 193 Å². The number of rotatable bonds is 2. The second kappa shape index (κ2) is 7.43. The average Bonchev–Trinajstić information content (AvgIpc) is 2.84. The number of carbonyl (C=O) groups is 2. The van der Waals surface area contributed by atoms with Gasteiger partial charge in [-0.15, -0.1) is 0 Å². The smallest absolute Gasteiger partial charge is 0.255 e. The molecular weight excluding hydrogens is 416 g/mol. The molecule has 1 aromatic carbocycles. The van der Waals surface area contributed by atoms with Gasteiger partial charge < -0.3 is 20.4 Å². The fourth-order valence-corrected chi connectivity index (χ4v) is 6.63. The molecule has 0 radical (unpaired) electrons. The van der Waals surface area contributed by atoms with Crippen LogP contribution in [0.15, 0.2) is 42.7 Å². The van der Waals surface area contributed by atoms with Gasteiger partial charge in [-0.2, -0.15) is 0 Å². The van der Waals surface area contributed by atoms with Crippen molar-refractivity contribution in [3.8, 4) is 0 Å². The lowest BCUT2D eigenvalue weighted by atomic mass is 9.51. The summed E-state index contributed by atoms with van der Waals surface area (Å²) >= 11 is 0. The van der Waals surface area contributed by atoms with Gasteiger partial charge in [-0.05, 0) is 49.3 Å². The molecule has 2 amide bonds. The first-order valence-corrected chi connectivity index (χ1v) is 12.0. The average molecular weight is 447 g/mol. The topological polar surface area (TPSA) is 90.5 Å². The Morgan fingerprint density at radius 1 is 1.06 bits per heavy atom. The first kappa shape index (κ1) is 20.4. The minimum absolute atomic E-state index is 0.00253. The van der Waals surface area contributed by atoms with Crippen LogP contribution in [0, 0.1) is 17.3 Å². The van der Waals surface area contributed by atoms with Crippen molar-refractivity contribution in [3.63, 3.8) is 0 Å². The van der Waals surface area contributed by atoms with Crippen LogP contribution in [0.5, 0.6) is 0 Å². The quantitative estimate of drug-likeness (QED) is 0.737. The van der Waals surface area contributed by atoms with Crippen LogP contribution in [-0.4, -0.2) is 58.5 Å². The number of carbonyl (C=O) groups excluding carboxylic acids is 2. The van der Waals surface area contributed by atoms with Gasteiger partial charge in [0.1, 0.15) is 5.66 Å². The van der Waals surface area contributed by atoms with Crippen molar-refractivity contribution in [1.29, 1.82) is 0 Å². The van der Waals surface area contributed by atoms with E-state index in [1.807, 2.05) is 35.2 Å². The third-order valence-corrected chi connectivity index (χ3v) is 8.40. The third-order valence-electron chi connectivity index (χ3n) is 8.40. The van der Waals surface area contributed by atoms with Gasteiger partial charge in [0.05, 0.1) is 5.56 Å². The zero-order valence-corrected chi connectivity index (χ0v) is 19.0. The van der Waals surface area contributed by atoms with E-state index in [0.29, 0.717) is 18.7 Å². The van der Waals surface area contributed by atoms with Crippen molar-refractivity contribution in [2.45, 2.75) is 38.3 Å². The van der Waals surface area contributed by atoms with Crippen molar-refractivity contribution < 1.29 is 9.59 Å². The molecule has 3 saturated carbocycles. The molecule has 8 nitrogen and oxygen atoms in total. The first-order valence-electron chi connectivity index (χ1n) is 12.0. The Kier molecular flexibility index (Phi) is 4.61. The second-order valence-corrected chi connectivity index (χ2v) is 10.3. The van der Waals surface area contributed by atoms with Crippen molar-refractivity contribution >= 4 is 23.5 Å². The molecule has 5 aliphatic rings. The lowest BCUT2D eigenvalue weighted by molar-refractivity contribution is -0.150. The van der Waals surface area contributed by atoms with Gasteiger partial charge in [-0.1, -0.05) is 19.1 Å². The predicted octanol–water partition coefficient (Wildman–Crippen LogP) is 2.50. The summed E-state index contributed by atoms with van der Waals surface area (Å²) in [5, 5.41) is 7.00. The minimum atomic E-state index is -0.460. The molecule has 1 spiro atoms. The van der Waals surface area contributed by atoms with Gasteiger partial charge in [0, 0.05) is 56.1 Å². The van der Waals surface area contributed by atoms with Crippen LogP contribution in [0.3, 0.4) is 0 Å². The van der Waals surface area contributed by atoms with Crippen LogP contribution in [0.1, 0.15) is 43.0 Å². The Hall–Kier alpha value is -3.16. The Morgan fingerprint density at radius 2 is 1.82 bits per heavy atom. The van der Waals surface area contributed by atoms with Crippen LogP contribution < -0.4 is 15.5 Å². The summed E-state index contributed by atoms with van der Waals surface area (Å²) in [6.45, 7) is 5.14. The number of hydrogen-bond donors (Lipinski definition) is 2. The highest BCUT2D eigenvalue weighted by molar-refractivity contribution is 6.02. The zero-order valence-electron chi connectivity index (χ0n) is 19.0. The lowest BCUT2D eigenvalue weighted by Crippen LogP contribution is -2.70. The molecular formula is C25H30N6O2. The van der Waals surface area contributed by atoms with Gasteiger partial charge >= 0.3 is 0 Å². The molecule has 4 atom stereocenters. The summed E-state index contributed by atoms with van der Waals surface area (Å²) in [7, 11) is 0. The number of piperazine rings is 1. The number of benzene rings is 1. The molecule has 3 aliphatic carbocycles. The number of para-hydroxylation sites is 1. The monoisotopic (exact) mass is 446 g/mol. The van der Waals surface area contributed by atoms with E-state index in [-0.39, 0.29) is 29.1 Å². The number of amides is 2. The van der Waals surface area contributed by atoms with Crippen LogP contribution >= 0.6 is 0 Å². The molecule has 33 heavy (non-hydrogen) atoms. The van der Waals surface area contributed by atoms with Crippen molar-refractivity contribution in [3.05, 3.63) is 48.3 Å². The van der Waals surface area contributed by atoms with Gasteiger partial charge in [0.15, 0.2) is 0 Å². The number of nitrogens with zero attached hydrogens (tertiary/aromatic N) is 4. The van der Waals surface area contributed by atoms with Gasteiger partial charge in [-0.3, -0.25) is 9.59 Å². The molecule has 2 N–H and O–H groups in total. The van der Waals surface area contributed by atoms with Crippen molar-refractivity contribution in [2.75, 3.05) is 36.4 Å². The molecule has 7 rings (SSSR count). The molecule has 3 heterocycles. The van der Waals surface area contributed by atoms with E-state index in [4.69, 9.17) is 0 Å². The highest BCUT2D eigenvalue weighted by Gasteiger charge is 2.60. The molecule has 2 aromatic rings. The first-order chi connectivity index (χ1) is 16.0. The number of nitrogens with one attached hydrogen (secondary N) is 2. The maximum absolute atomic E-state index is 13.7. The molecule has 1 saturated heterocycles. The summed E-state index contributed by atoms with van der Waals surface area (Å²) in [6.07, 6.45) is 7.14. The zero-order chi connectivity index (χ0) is 22.6. The minimum Gasteiger partial charge on any atom is -0.362 e. The summed E-state index contributed by atoms with van der Waals surface area (Å²) in [4.78, 5) is 39.5. The Bertz CT molecular complexity index is 1090. The molecule has 0 unspecified atom stereocenters. The van der Waals surface area contributed by atoms with E-state index in [2.05, 4.69) is 32.4 Å². The predicted molar refractivity (Wildman–Crippen MR) is 125 cm³/mol. The second-order valence-electron chi connectivity index (χ2n) is 10.3. The van der Waals surface area contributed by atoms with E-state index in [9.17, 15) is 9.59 Å². The van der Waals surface area contributed by atoms with Gasteiger partial charge in [0.2, 0.25) is 11.9 Å². The molecule has 4 fully saturated rings.